The van der Waals surface area contributed by atoms with E-state index in [2.05, 4.69) is 23.5 Å². The van der Waals surface area contributed by atoms with Gasteiger partial charge in [0.15, 0.2) is 0 Å². The van der Waals surface area contributed by atoms with Crippen molar-refractivity contribution < 1.29 is 0 Å². The molecule has 1 atom stereocenters. The lowest BCUT2D eigenvalue weighted by atomic mass is 9.94. The van der Waals surface area contributed by atoms with Gasteiger partial charge in [-0.15, -0.1) is 0 Å². The molecule has 2 aromatic rings. The Morgan fingerprint density at radius 3 is 2.95 bits per heavy atom. The Morgan fingerprint density at radius 2 is 2.20 bits per heavy atom. The number of H-pyrrole nitrogens is 1. The van der Waals surface area contributed by atoms with Crippen molar-refractivity contribution in [2.24, 2.45) is 0 Å². The second-order valence-corrected chi connectivity index (χ2v) is 5.39. The normalized spacial score (nSPS) is 18.9. The average Bonchev–Trinajstić information content (AvgIpc) is 2.83. The first-order valence-electron chi connectivity index (χ1n) is 6.73. The molecule has 3 heteroatoms. The first-order chi connectivity index (χ1) is 9.74. The first-order valence-corrected chi connectivity index (χ1v) is 7.11. The molecule has 2 heterocycles. The van der Waals surface area contributed by atoms with Crippen LogP contribution in [0.5, 0.6) is 0 Å². The Morgan fingerprint density at radius 1 is 1.35 bits per heavy atom. The number of nitrogens with one attached hydrogen (secondary N) is 2. The lowest BCUT2D eigenvalue weighted by Gasteiger charge is -2.25. The van der Waals surface area contributed by atoms with Crippen molar-refractivity contribution in [1.82, 2.24) is 10.3 Å². The van der Waals surface area contributed by atoms with Crippen molar-refractivity contribution >= 4 is 22.5 Å². The summed E-state index contributed by atoms with van der Waals surface area (Å²) in [6, 6.07) is 6.14. The fraction of sp³-hybridized carbons (Fsp3) is 0.176. The quantitative estimate of drug-likeness (QED) is 0.808. The van der Waals surface area contributed by atoms with E-state index in [-0.39, 0.29) is 6.04 Å². The number of hydrogen-bond acceptors (Lipinski definition) is 1. The number of aromatic amines is 1. The monoisotopic (exact) mass is 284 g/mol. The standard InChI is InChI=1S/C17H17ClN2/c1-3-5-11(4-2)16-17-13(8-9-19-16)14-10-12(18)6-7-15(14)20-17/h3-7,10,16,19-20H,1-2,8-9H2/b11-5+. The van der Waals surface area contributed by atoms with Crippen LogP contribution in [0.25, 0.3) is 10.9 Å². The summed E-state index contributed by atoms with van der Waals surface area (Å²) in [6.07, 6.45) is 6.68. The van der Waals surface area contributed by atoms with Gasteiger partial charge < -0.3 is 10.3 Å². The maximum absolute atomic E-state index is 6.12. The predicted octanol–water partition coefficient (Wildman–Crippen LogP) is 4.31. The molecular weight excluding hydrogens is 268 g/mol. The van der Waals surface area contributed by atoms with Crippen molar-refractivity contribution in [1.29, 1.82) is 0 Å². The summed E-state index contributed by atoms with van der Waals surface area (Å²) in [5, 5.41) is 5.54. The minimum atomic E-state index is 0.139. The number of rotatable bonds is 3. The Balaban J connectivity index is 2.18. The molecule has 1 aromatic heterocycles. The van der Waals surface area contributed by atoms with Gasteiger partial charge in [-0.1, -0.05) is 43.0 Å². The van der Waals surface area contributed by atoms with Gasteiger partial charge in [0.1, 0.15) is 0 Å². The van der Waals surface area contributed by atoms with Gasteiger partial charge in [-0.3, -0.25) is 0 Å². The topological polar surface area (TPSA) is 27.8 Å². The number of hydrogen-bond donors (Lipinski definition) is 2. The second-order valence-electron chi connectivity index (χ2n) is 4.95. The Kier molecular flexibility index (Phi) is 3.51. The zero-order valence-corrected chi connectivity index (χ0v) is 12.0. The third-order valence-corrected chi connectivity index (χ3v) is 4.03. The molecular formula is C17H17ClN2. The van der Waals surface area contributed by atoms with E-state index in [1.54, 1.807) is 6.08 Å². The summed E-state index contributed by atoms with van der Waals surface area (Å²) in [4.78, 5) is 3.52. The van der Waals surface area contributed by atoms with Crippen LogP contribution in [0.3, 0.4) is 0 Å². The van der Waals surface area contributed by atoms with Gasteiger partial charge in [-0.2, -0.15) is 0 Å². The van der Waals surface area contributed by atoms with Crippen LogP contribution >= 0.6 is 11.6 Å². The van der Waals surface area contributed by atoms with E-state index in [1.807, 2.05) is 30.4 Å². The molecule has 2 N–H and O–H groups in total. The Bertz CT molecular complexity index is 709. The van der Waals surface area contributed by atoms with Crippen molar-refractivity contribution in [3.63, 3.8) is 0 Å². The molecule has 1 aliphatic rings. The van der Waals surface area contributed by atoms with Crippen LogP contribution in [0.2, 0.25) is 5.02 Å². The summed E-state index contributed by atoms with van der Waals surface area (Å²) in [5.74, 6) is 0. The number of aromatic nitrogens is 1. The van der Waals surface area contributed by atoms with Gasteiger partial charge in [0.05, 0.1) is 6.04 Å². The third kappa shape index (κ3) is 2.11. The van der Waals surface area contributed by atoms with Gasteiger partial charge >= 0.3 is 0 Å². The summed E-state index contributed by atoms with van der Waals surface area (Å²) in [5.41, 5.74) is 4.82. The minimum Gasteiger partial charge on any atom is -0.357 e. The van der Waals surface area contributed by atoms with Gasteiger partial charge in [0, 0.05) is 28.2 Å². The highest BCUT2D eigenvalue weighted by molar-refractivity contribution is 6.31. The molecule has 0 radical (unpaired) electrons. The Hall–Kier alpha value is -1.77. The molecule has 2 nitrogen and oxygen atoms in total. The molecule has 0 saturated carbocycles. The van der Waals surface area contributed by atoms with Crippen LogP contribution in [0.1, 0.15) is 17.3 Å². The summed E-state index contributed by atoms with van der Waals surface area (Å²) in [7, 11) is 0. The van der Waals surface area contributed by atoms with Gasteiger partial charge in [0.2, 0.25) is 0 Å². The Labute approximate surface area is 123 Å². The van der Waals surface area contributed by atoms with Crippen LogP contribution in [-0.2, 0) is 6.42 Å². The molecule has 0 fully saturated rings. The molecule has 0 spiro atoms. The maximum atomic E-state index is 6.12. The van der Waals surface area contributed by atoms with Crippen LogP contribution in [0.4, 0.5) is 0 Å². The molecule has 0 amide bonds. The highest BCUT2D eigenvalue weighted by Crippen LogP contribution is 2.34. The summed E-state index contributed by atoms with van der Waals surface area (Å²) < 4.78 is 0. The van der Waals surface area contributed by atoms with E-state index >= 15 is 0 Å². The first kappa shape index (κ1) is 13.2. The van der Waals surface area contributed by atoms with Crippen molar-refractivity contribution in [2.45, 2.75) is 12.5 Å². The zero-order valence-electron chi connectivity index (χ0n) is 11.2. The highest BCUT2D eigenvalue weighted by Gasteiger charge is 2.25. The third-order valence-electron chi connectivity index (χ3n) is 3.79. The highest BCUT2D eigenvalue weighted by atomic mass is 35.5. The molecule has 1 unspecified atom stereocenters. The maximum Gasteiger partial charge on any atom is 0.0732 e. The molecule has 1 aromatic carbocycles. The molecule has 1 aliphatic heterocycles. The zero-order chi connectivity index (χ0) is 14.1. The average molecular weight is 285 g/mol. The van der Waals surface area contributed by atoms with E-state index in [0.29, 0.717) is 0 Å². The fourth-order valence-corrected chi connectivity index (χ4v) is 3.07. The fourth-order valence-electron chi connectivity index (χ4n) is 2.90. The largest absolute Gasteiger partial charge is 0.357 e. The molecule has 20 heavy (non-hydrogen) atoms. The number of benzene rings is 1. The van der Waals surface area contributed by atoms with Crippen molar-refractivity contribution in [2.75, 3.05) is 6.54 Å². The molecule has 3 rings (SSSR count). The van der Waals surface area contributed by atoms with E-state index in [1.165, 1.54) is 16.6 Å². The predicted molar refractivity (Wildman–Crippen MR) is 86.2 cm³/mol. The lowest BCUT2D eigenvalue weighted by molar-refractivity contribution is 0.559. The van der Waals surface area contributed by atoms with Crippen molar-refractivity contribution in [3.05, 3.63) is 71.4 Å². The van der Waals surface area contributed by atoms with Gasteiger partial charge in [0.25, 0.3) is 0 Å². The van der Waals surface area contributed by atoms with E-state index in [9.17, 15) is 0 Å². The second kappa shape index (κ2) is 5.31. The van der Waals surface area contributed by atoms with Crippen LogP contribution in [0.15, 0.2) is 55.2 Å². The van der Waals surface area contributed by atoms with Crippen LogP contribution < -0.4 is 5.32 Å². The lowest BCUT2D eigenvalue weighted by Crippen LogP contribution is -2.30. The smallest absolute Gasteiger partial charge is 0.0732 e. The van der Waals surface area contributed by atoms with E-state index < -0.39 is 0 Å². The molecule has 102 valence electrons. The van der Waals surface area contributed by atoms with E-state index in [0.717, 1.165) is 29.1 Å². The summed E-state index contributed by atoms with van der Waals surface area (Å²) in [6.45, 7) is 8.62. The van der Waals surface area contributed by atoms with E-state index in [4.69, 9.17) is 11.6 Å². The van der Waals surface area contributed by atoms with Crippen LogP contribution in [-0.4, -0.2) is 11.5 Å². The molecule has 0 aliphatic carbocycles. The van der Waals surface area contributed by atoms with Gasteiger partial charge in [-0.25, -0.2) is 0 Å². The van der Waals surface area contributed by atoms with Gasteiger partial charge in [-0.05, 0) is 35.8 Å². The molecule has 0 saturated heterocycles. The SMILES string of the molecule is C=C/C=C(\C=C)C1NCCc2c1[nH]c1ccc(Cl)cc21. The number of halogens is 1. The number of allylic oxidation sites excluding steroid dienone is 2. The van der Waals surface area contributed by atoms with Crippen molar-refractivity contribution in [3.8, 4) is 0 Å². The summed E-state index contributed by atoms with van der Waals surface area (Å²) >= 11 is 6.12. The molecule has 0 bridgehead atoms. The van der Waals surface area contributed by atoms with Crippen LogP contribution in [0, 0.1) is 0 Å². The minimum absolute atomic E-state index is 0.139. The number of fused-ring (bicyclic) bond motifs is 3.